The molecule has 0 aliphatic carbocycles. The third kappa shape index (κ3) is 6.01. The number of aryl methyl sites for hydroxylation is 1. The number of hydrogen-bond acceptors (Lipinski definition) is 6. The number of Topliss-reactive ketones (excluding diaryl/α,β-unsaturated/α-hetero) is 2. The standard InChI is InChI=1S/C33H37N3O4/c1-23-10-12-24(13-11-23)36-28(22-30(34-36)33(2,3)4)32(38)31(37)27-14-15-29(26-9-6-5-8-25(26)27)40-21-18-35-16-7-19-39-20-17-35/h5-6,8-15,22H,7,16-21H2,1-4H3. The predicted octanol–water partition coefficient (Wildman–Crippen LogP) is 5.80. The molecule has 208 valence electrons. The van der Waals surface area contributed by atoms with Crippen LogP contribution in [0.1, 0.15) is 59.3 Å². The van der Waals surface area contributed by atoms with Gasteiger partial charge in [0.2, 0.25) is 5.78 Å². The van der Waals surface area contributed by atoms with Crippen molar-refractivity contribution < 1.29 is 19.1 Å². The molecule has 1 saturated heterocycles. The molecule has 1 aliphatic heterocycles. The van der Waals surface area contributed by atoms with E-state index in [1.807, 2.05) is 76.2 Å². The van der Waals surface area contributed by atoms with Gasteiger partial charge in [-0.25, -0.2) is 4.68 Å². The van der Waals surface area contributed by atoms with E-state index in [0.717, 1.165) is 61.6 Å². The van der Waals surface area contributed by atoms with Crippen LogP contribution in [0.4, 0.5) is 0 Å². The molecule has 0 atom stereocenters. The van der Waals surface area contributed by atoms with Crippen molar-refractivity contribution in [3.05, 3.63) is 89.2 Å². The number of aromatic nitrogens is 2. The van der Waals surface area contributed by atoms with Crippen LogP contribution in [-0.2, 0) is 10.2 Å². The van der Waals surface area contributed by atoms with Gasteiger partial charge in [0, 0.05) is 42.6 Å². The summed E-state index contributed by atoms with van der Waals surface area (Å²) in [5.74, 6) is -0.461. The van der Waals surface area contributed by atoms with Crippen molar-refractivity contribution in [2.45, 2.75) is 39.5 Å². The molecule has 1 fully saturated rings. The Kier molecular flexibility index (Phi) is 8.14. The van der Waals surface area contributed by atoms with Crippen molar-refractivity contribution in [1.29, 1.82) is 0 Å². The molecule has 0 saturated carbocycles. The van der Waals surface area contributed by atoms with E-state index in [-0.39, 0.29) is 11.1 Å². The highest BCUT2D eigenvalue weighted by molar-refractivity contribution is 6.50. The average molecular weight is 540 g/mol. The van der Waals surface area contributed by atoms with Gasteiger partial charge in [0.1, 0.15) is 18.1 Å². The van der Waals surface area contributed by atoms with Crippen LogP contribution >= 0.6 is 0 Å². The number of benzene rings is 3. The van der Waals surface area contributed by atoms with Crippen molar-refractivity contribution in [2.75, 3.05) is 39.5 Å². The Labute approximate surface area is 235 Å². The summed E-state index contributed by atoms with van der Waals surface area (Å²) in [6.07, 6.45) is 1.02. The molecule has 0 amide bonds. The van der Waals surface area contributed by atoms with Crippen LogP contribution in [0, 0.1) is 6.92 Å². The molecule has 5 rings (SSSR count). The van der Waals surface area contributed by atoms with Crippen molar-refractivity contribution in [3.8, 4) is 11.4 Å². The highest BCUT2D eigenvalue weighted by atomic mass is 16.5. The molecule has 4 aromatic rings. The molecule has 0 spiro atoms. The first kappa shape index (κ1) is 27.7. The smallest absolute Gasteiger partial charge is 0.251 e. The molecule has 0 radical (unpaired) electrons. The first-order valence-corrected chi connectivity index (χ1v) is 13.9. The average Bonchev–Trinajstić information content (AvgIpc) is 3.24. The van der Waals surface area contributed by atoms with Gasteiger partial charge in [0.15, 0.2) is 0 Å². The Morgan fingerprint density at radius 3 is 2.42 bits per heavy atom. The molecular formula is C33H37N3O4. The fourth-order valence-electron chi connectivity index (χ4n) is 4.93. The summed E-state index contributed by atoms with van der Waals surface area (Å²) in [4.78, 5) is 29.9. The fraction of sp³-hybridized carbons (Fsp3) is 0.364. The fourth-order valence-corrected chi connectivity index (χ4v) is 4.93. The van der Waals surface area contributed by atoms with Crippen LogP contribution in [0.3, 0.4) is 0 Å². The molecule has 0 bridgehead atoms. The van der Waals surface area contributed by atoms with Crippen LogP contribution in [0.15, 0.2) is 66.7 Å². The molecule has 1 aromatic heterocycles. The summed E-state index contributed by atoms with van der Waals surface area (Å²) in [6, 6.07) is 20.6. The number of hydrogen-bond donors (Lipinski definition) is 0. The molecule has 0 N–H and O–H groups in total. The van der Waals surface area contributed by atoms with E-state index in [2.05, 4.69) is 4.90 Å². The summed E-state index contributed by atoms with van der Waals surface area (Å²) in [5.41, 5.74) is 2.90. The van der Waals surface area contributed by atoms with Crippen molar-refractivity contribution in [3.63, 3.8) is 0 Å². The number of carbonyl (C=O) groups excluding carboxylic acids is 2. The largest absolute Gasteiger partial charge is 0.492 e. The molecular weight excluding hydrogens is 502 g/mol. The number of rotatable bonds is 8. The van der Waals surface area contributed by atoms with Gasteiger partial charge in [0.05, 0.1) is 18.0 Å². The Bertz CT molecular complexity index is 1510. The van der Waals surface area contributed by atoms with Gasteiger partial charge in [-0.15, -0.1) is 0 Å². The van der Waals surface area contributed by atoms with Gasteiger partial charge in [-0.3, -0.25) is 14.5 Å². The lowest BCUT2D eigenvalue weighted by atomic mass is 9.91. The third-order valence-corrected chi connectivity index (χ3v) is 7.30. The first-order chi connectivity index (χ1) is 19.2. The van der Waals surface area contributed by atoms with E-state index < -0.39 is 11.6 Å². The third-order valence-electron chi connectivity index (χ3n) is 7.30. The zero-order valence-corrected chi connectivity index (χ0v) is 23.8. The second-order valence-corrected chi connectivity index (χ2v) is 11.4. The first-order valence-electron chi connectivity index (χ1n) is 13.9. The molecule has 40 heavy (non-hydrogen) atoms. The van der Waals surface area contributed by atoms with E-state index in [9.17, 15) is 9.59 Å². The van der Waals surface area contributed by atoms with Gasteiger partial charge in [0.25, 0.3) is 5.78 Å². The zero-order valence-electron chi connectivity index (χ0n) is 23.8. The molecule has 7 heteroatoms. The molecule has 3 aromatic carbocycles. The number of fused-ring (bicyclic) bond motifs is 1. The Morgan fingerprint density at radius 1 is 0.925 bits per heavy atom. The lowest BCUT2D eigenvalue weighted by Gasteiger charge is -2.19. The molecule has 0 unspecified atom stereocenters. The highest BCUT2D eigenvalue weighted by Gasteiger charge is 2.29. The summed E-state index contributed by atoms with van der Waals surface area (Å²) in [7, 11) is 0. The van der Waals surface area contributed by atoms with Crippen molar-refractivity contribution in [2.24, 2.45) is 0 Å². The van der Waals surface area contributed by atoms with Crippen LogP contribution in [-0.4, -0.2) is 65.7 Å². The monoisotopic (exact) mass is 539 g/mol. The topological polar surface area (TPSA) is 73.7 Å². The number of ether oxygens (including phenoxy) is 2. The quantitative estimate of drug-likeness (QED) is 0.208. The van der Waals surface area contributed by atoms with Crippen molar-refractivity contribution >= 4 is 22.3 Å². The van der Waals surface area contributed by atoms with Gasteiger partial charge in [-0.1, -0.05) is 62.7 Å². The lowest BCUT2D eigenvalue weighted by molar-refractivity contribution is 0.0813. The maximum Gasteiger partial charge on any atom is 0.251 e. The minimum Gasteiger partial charge on any atom is -0.492 e. The number of ketones is 2. The Hall–Kier alpha value is -3.81. The summed E-state index contributed by atoms with van der Waals surface area (Å²) < 4.78 is 13.3. The van der Waals surface area contributed by atoms with Gasteiger partial charge >= 0.3 is 0 Å². The zero-order chi connectivity index (χ0) is 28.3. The lowest BCUT2D eigenvalue weighted by Crippen LogP contribution is -2.30. The predicted molar refractivity (Wildman–Crippen MR) is 157 cm³/mol. The SMILES string of the molecule is Cc1ccc(-n2nc(C(C)(C)C)cc2C(=O)C(=O)c2ccc(OCCN3CCCOCC3)c3ccccc23)cc1. The second-order valence-electron chi connectivity index (χ2n) is 11.4. The molecule has 2 heterocycles. The van der Waals surface area contributed by atoms with E-state index in [1.165, 1.54) is 0 Å². The van der Waals surface area contributed by atoms with Gasteiger partial charge < -0.3 is 9.47 Å². The Balaban J connectivity index is 1.44. The van der Waals surface area contributed by atoms with E-state index in [4.69, 9.17) is 14.6 Å². The van der Waals surface area contributed by atoms with Crippen molar-refractivity contribution in [1.82, 2.24) is 14.7 Å². The second kappa shape index (κ2) is 11.7. The maximum absolute atomic E-state index is 13.8. The number of nitrogens with zero attached hydrogens (tertiary/aromatic N) is 3. The Morgan fingerprint density at radius 2 is 1.68 bits per heavy atom. The summed E-state index contributed by atoms with van der Waals surface area (Å²) in [5, 5.41) is 6.25. The normalized spacial score (nSPS) is 14.7. The van der Waals surface area contributed by atoms with Crippen LogP contribution in [0.25, 0.3) is 16.5 Å². The number of carbonyl (C=O) groups is 2. The van der Waals surface area contributed by atoms with Crippen LogP contribution in [0.2, 0.25) is 0 Å². The van der Waals surface area contributed by atoms with Gasteiger partial charge in [-0.2, -0.15) is 5.10 Å². The molecule has 7 nitrogen and oxygen atoms in total. The summed E-state index contributed by atoms with van der Waals surface area (Å²) >= 11 is 0. The minimum absolute atomic E-state index is 0.254. The van der Waals surface area contributed by atoms with Crippen LogP contribution < -0.4 is 4.74 Å². The highest BCUT2D eigenvalue weighted by Crippen LogP contribution is 2.30. The van der Waals surface area contributed by atoms with Crippen LogP contribution in [0.5, 0.6) is 5.75 Å². The maximum atomic E-state index is 13.8. The minimum atomic E-state index is -0.592. The van der Waals surface area contributed by atoms with E-state index in [1.54, 1.807) is 22.9 Å². The summed E-state index contributed by atoms with van der Waals surface area (Å²) in [6.45, 7) is 12.9. The van der Waals surface area contributed by atoms with Gasteiger partial charge in [-0.05, 0) is 49.1 Å². The van der Waals surface area contributed by atoms with E-state index >= 15 is 0 Å². The van der Waals surface area contributed by atoms with E-state index in [0.29, 0.717) is 23.3 Å². The molecule has 1 aliphatic rings.